The molecule has 1 aliphatic heterocycles. The Balaban J connectivity index is 1.96. The highest BCUT2D eigenvalue weighted by molar-refractivity contribution is 5.94. The van der Waals surface area contributed by atoms with Crippen LogP contribution in [0, 0.1) is 5.92 Å². The zero-order chi connectivity index (χ0) is 12.1. The smallest absolute Gasteiger partial charge is 0.254 e. The van der Waals surface area contributed by atoms with Crippen molar-refractivity contribution in [1.82, 2.24) is 10.3 Å². The number of nitrogens with two attached hydrogens (primary N) is 1. The molecule has 1 atom stereocenters. The average molecular weight is 235 g/mol. The molecule has 5 nitrogen and oxygen atoms in total. The molecule has 1 fully saturated rings. The maximum absolute atomic E-state index is 11.2. The van der Waals surface area contributed by atoms with E-state index in [9.17, 15) is 4.79 Å². The fourth-order valence-corrected chi connectivity index (χ4v) is 1.96. The van der Waals surface area contributed by atoms with Crippen LogP contribution in [0.25, 0.3) is 0 Å². The Morgan fingerprint density at radius 3 is 3.24 bits per heavy atom. The Morgan fingerprint density at radius 2 is 2.53 bits per heavy atom. The van der Waals surface area contributed by atoms with Gasteiger partial charge in [-0.05, 0) is 31.5 Å². The number of pyridine rings is 1. The zero-order valence-corrected chi connectivity index (χ0v) is 9.69. The van der Waals surface area contributed by atoms with Gasteiger partial charge in [-0.3, -0.25) is 4.79 Å². The van der Waals surface area contributed by atoms with Crippen molar-refractivity contribution in [1.29, 1.82) is 0 Å². The first kappa shape index (κ1) is 11.9. The first-order valence-corrected chi connectivity index (χ1v) is 5.85. The summed E-state index contributed by atoms with van der Waals surface area (Å²) in [5.74, 6) is 0.312. The van der Waals surface area contributed by atoms with Gasteiger partial charge in [-0.25, -0.2) is 4.98 Å². The molecule has 0 radical (unpaired) electrons. The number of aromatic nitrogens is 1. The molecule has 1 aromatic rings. The van der Waals surface area contributed by atoms with Gasteiger partial charge in [0, 0.05) is 18.7 Å². The second-order valence-electron chi connectivity index (χ2n) is 4.24. The molecule has 92 valence electrons. The predicted molar refractivity (Wildman–Crippen MR) is 63.8 cm³/mol. The summed E-state index contributed by atoms with van der Waals surface area (Å²) < 4.78 is 5.59. The van der Waals surface area contributed by atoms with Crippen LogP contribution in [0.4, 0.5) is 0 Å². The number of ether oxygens (including phenoxy) is 1. The Hall–Kier alpha value is -1.62. The summed E-state index contributed by atoms with van der Waals surface area (Å²) in [6.45, 7) is 2.61. The Kier molecular flexibility index (Phi) is 3.93. The third-order valence-corrected chi connectivity index (χ3v) is 2.89. The van der Waals surface area contributed by atoms with E-state index in [1.165, 1.54) is 6.42 Å². The molecule has 1 aliphatic rings. The highest BCUT2D eigenvalue weighted by Crippen LogP contribution is 2.16. The molecule has 5 heteroatoms. The van der Waals surface area contributed by atoms with Gasteiger partial charge in [0.05, 0.1) is 6.61 Å². The molecule has 0 saturated carbocycles. The van der Waals surface area contributed by atoms with Gasteiger partial charge < -0.3 is 15.8 Å². The Bertz CT molecular complexity index is 389. The summed E-state index contributed by atoms with van der Waals surface area (Å²) in [5.41, 5.74) is 5.60. The van der Waals surface area contributed by atoms with Gasteiger partial charge in [0.15, 0.2) is 0 Å². The van der Waals surface area contributed by atoms with E-state index >= 15 is 0 Å². The number of hydrogen-bond acceptors (Lipinski definition) is 4. The van der Waals surface area contributed by atoms with E-state index in [0.29, 0.717) is 24.0 Å². The lowest BCUT2D eigenvalue weighted by Crippen LogP contribution is -2.33. The molecule has 1 saturated heterocycles. The van der Waals surface area contributed by atoms with Gasteiger partial charge in [-0.15, -0.1) is 0 Å². The maximum atomic E-state index is 11.2. The SMILES string of the molecule is NC(=O)c1cccnc1OCC1CCCNC1. The van der Waals surface area contributed by atoms with E-state index in [2.05, 4.69) is 10.3 Å². The van der Waals surface area contributed by atoms with Crippen molar-refractivity contribution in [2.75, 3.05) is 19.7 Å². The minimum atomic E-state index is -0.505. The number of primary amides is 1. The molecule has 2 rings (SSSR count). The van der Waals surface area contributed by atoms with E-state index in [1.54, 1.807) is 18.3 Å². The summed E-state index contributed by atoms with van der Waals surface area (Å²) >= 11 is 0. The highest BCUT2D eigenvalue weighted by atomic mass is 16.5. The minimum Gasteiger partial charge on any atom is -0.477 e. The van der Waals surface area contributed by atoms with Crippen molar-refractivity contribution in [3.63, 3.8) is 0 Å². The van der Waals surface area contributed by atoms with Crippen molar-refractivity contribution in [3.8, 4) is 5.88 Å². The fourth-order valence-electron chi connectivity index (χ4n) is 1.96. The predicted octanol–water partition coefficient (Wildman–Crippen LogP) is 0.559. The first-order chi connectivity index (χ1) is 8.27. The van der Waals surface area contributed by atoms with Crippen molar-refractivity contribution in [3.05, 3.63) is 23.9 Å². The van der Waals surface area contributed by atoms with Crippen LogP contribution >= 0.6 is 0 Å². The molecule has 3 N–H and O–H groups in total. The lowest BCUT2D eigenvalue weighted by atomic mass is 10.0. The Morgan fingerprint density at radius 1 is 1.65 bits per heavy atom. The monoisotopic (exact) mass is 235 g/mol. The molecule has 2 heterocycles. The molecule has 17 heavy (non-hydrogen) atoms. The molecule has 1 unspecified atom stereocenters. The average Bonchev–Trinajstić information content (AvgIpc) is 2.38. The van der Waals surface area contributed by atoms with Crippen molar-refractivity contribution in [2.24, 2.45) is 11.7 Å². The molecule has 0 bridgehead atoms. The number of carbonyl (C=O) groups excluding carboxylic acids is 1. The summed E-state index contributed by atoms with van der Waals surface area (Å²) in [6.07, 6.45) is 3.91. The topological polar surface area (TPSA) is 77.2 Å². The van der Waals surface area contributed by atoms with Gasteiger partial charge in [-0.1, -0.05) is 0 Å². The van der Waals surface area contributed by atoms with Gasteiger partial charge in [0.2, 0.25) is 5.88 Å². The van der Waals surface area contributed by atoms with Crippen LogP contribution in [0.1, 0.15) is 23.2 Å². The van der Waals surface area contributed by atoms with Crippen LogP contribution < -0.4 is 15.8 Å². The second-order valence-corrected chi connectivity index (χ2v) is 4.24. The highest BCUT2D eigenvalue weighted by Gasteiger charge is 2.16. The van der Waals surface area contributed by atoms with E-state index in [-0.39, 0.29) is 0 Å². The van der Waals surface area contributed by atoms with E-state index in [4.69, 9.17) is 10.5 Å². The maximum Gasteiger partial charge on any atom is 0.254 e. The van der Waals surface area contributed by atoms with Gasteiger partial charge in [-0.2, -0.15) is 0 Å². The van der Waals surface area contributed by atoms with Crippen LogP contribution in [-0.2, 0) is 0 Å². The van der Waals surface area contributed by atoms with Crippen LogP contribution in [-0.4, -0.2) is 30.6 Å². The number of piperidine rings is 1. The molecule has 0 spiro atoms. The largest absolute Gasteiger partial charge is 0.477 e. The first-order valence-electron chi connectivity index (χ1n) is 5.85. The second kappa shape index (κ2) is 5.63. The van der Waals surface area contributed by atoms with Crippen molar-refractivity contribution < 1.29 is 9.53 Å². The van der Waals surface area contributed by atoms with Crippen LogP contribution in [0.3, 0.4) is 0 Å². The Labute approximate surface area is 100 Å². The molecular formula is C12H17N3O2. The summed E-state index contributed by atoms with van der Waals surface area (Å²) in [7, 11) is 0. The third kappa shape index (κ3) is 3.17. The zero-order valence-electron chi connectivity index (χ0n) is 9.69. The van der Waals surface area contributed by atoms with E-state index in [1.807, 2.05) is 0 Å². The van der Waals surface area contributed by atoms with Crippen molar-refractivity contribution >= 4 is 5.91 Å². The van der Waals surface area contributed by atoms with Gasteiger partial charge >= 0.3 is 0 Å². The normalized spacial score (nSPS) is 19.9. The standard InChI is InChI=1S/C12H17N3O2/c13-11(16)10-4-2-6-15-12(10)17-8-9-3-1-5-14-7-9/h2,4,6,9,14H,1,3,5,7-8H2,(H2,13,16). The van der Waals surface area contributed by atoms with Crippen LogP contribution in [0.5, 0.6) is 5.88 Å². The fraction of sp³-hybridized carbons (Fsp3) is 0.500. The molecular weight excluding hydrogens is 218 g/mol. The summed E-state index contributed by atoms with van der Waals surface area (Å²) in [5, 5.41) is 3.32. The molecule has 1 amide bonds. The van der Waals surface area contributed by atoms with Crippen molar-refractivity contribution in [2.45, 2.75) is 12.8 Å². The molecule has 0 aromatic carbocycles. The lowest BCUT2D eigenvalue weighted by Gasteiger charge is -2.22. The van der Waals surface area contributed by atoms with E-state index in [0.717, 1.165) is 19.5 Å². The minimum absolute atomic E-state index is 0.338. The number of hydrogen-bond donors (Lipinski definition) is 2. The van der Waals surface area contributed by atoms with E-state index < -0.39 is 5.91 Å². The molecule has 1 aromatic heterocycles. The van der Waals surface area contributed by atoms with Gasteiger partial charge in [0.1, 0.15) is 5.56 Å². The number of amides is 1. The van der Waals surface area contributed by atoms with Gasteiger partial charge in [0.25, 0.3) is 5.91 Å². The van der Waals surface area contributed by atoms with Crippen LogP contribution in [0.2, 0.25) is 0 Å². The third-order valence-electron chi connectivity index (χ3n) is 2.89. The quantitative estimate of drug-likeness (QED) is 0.799. The number of nitrogens with zero attached hydrogens (tertiary/aromatic N) is 1. The number of carbonyl (C=O) groups is 1. The molecule has 0 aliphatic carbocycles. The number of rotatable bonds is 4. The summed E-state index contributed by atoms with van der Waals surface area (Å²) in [4.78, 5) is 15.2. The lowest BCUT2D eigenvalue weighted by molar-refractivity contribution is 0.0993. The van der Waals surface area contributed by atoms with Crippen LogP contribution in [0.15, 0.2) is 18.3 Å². The summed E-state index contributed by atoms with van der Waals surface area (Å²) in [6, 6.07) is 3.30. The number of nitrogens with one attached hydrogen (secondary N) is 1.